The van der Waals surface area contributed by atoms with Gasteiger partial charge in [0.25, 0.3) is 0 Å². The van der Waals surface area contributed by atoms with Crippen molar-refractivity contribution in [2.45, 2.75) is 25.1 Å². The summed E-state index contributed by atoms with van der Waals surface area (Å²) in [5.41, 5.74) is 1.80. The molecule has 3 rings (SSSR count). The van der Waals surface area contributed by atoms with Crippen LogP contribution in [0.2, 0.25) is 0 Å². The van der Waals surface area contributed by atoms with Gasteiger partial charge in [0.15, 0.2) is 0 Å². The first kappa shape index (κ1) is 25.4. The fourth-order valence-corrected chi connectivity index (χ4v) is 3.37. The smallest absolute Gasteiger partial charge is 0.354 e. The SMILES string of the molecule is Cl.Cl.O=C(CCc1ccnc2ccccc12)NCC(N1CCNCC1)C(F)(F)F. The third kappa shape index (κ3) is 6.99. The summed E-state index contributed by atoms with van der Waals surface area (Å²) in [4.78, 5) is 17.8. The van der Waals surface area contributed by atoms with Crippen LogP contribution in [0.5, 0.6) is 0 Å². The van der Waals surface area contributed by atoms with E-state index in [4.69, 9.17) is 0 Å². The van der Waals surface area contributed by atoms with Crippen molar-refractivity contribution < 1.29 is 18.0 Å². The Labute approximate surface area is 180 Å². The number of rotatable bonds is 6. The van der Waals surface area contributed by atoms with Crippen molar-refractivity contribution in [3.63, 3.8) is 0 Å². The largest absolute Gasteiger partial charge is 0.405 e. The lowest BCUT2D eigenvalue weighted by atomic mass is 10.0. The number of halogens is 5. The number of aryl methyl sites for hydroxylation is 1. The summed E-state index contributed by atoms with van der Waals surface area (Å²) in [7, 11) is 0. The molecule has 2 aromatic rings. The fourth-order valence-electron chi connectivity index (χ4n) is 3.37. The Bertz CT molecular complexity index is 780. The average Bonchev–Trinajstić information content (AvgIpc) is 2.66. The van der Waals surface area contributed by atoms with Crippen LogP contribution in [0.25, 0.3) is 10.9 Å². The number of nitrogens with one attached hydrogen (secondary N) is 2. The molecule has 5 nitrogen and oxygen atoms in total. The topological polar surface area (TPSA) is 57.3 Å². The summed E-state index contributed by atoms with van der Waals surface area (Å²) in [6, 6.07) is 7.80. The maximum Gasteiger partial charge on any atom is 0.405 e. The highest BCUT2D eigenvalue weighted by molar-refractivity contribution is 5.85. The van der Waals surface area contributed by atoms with Gasteiger partial charge in [-0.25, -0.2) is 0 Å². The second kappa shape index (κ2) is 11.5. The summed E-state index contributed by atoms with van der Waals surface area (Å²) < 4.78 is 40.1. The molecule has 0 radical (unpaired) electrons. The number of para-hydroxylation sites is 1. The van der Waals surface area contributed by atoms with Crippen molar-refractivity contribution in [2.24, 2.45) is 0 Å². The van der Waals surface area contributed by atoms with Gasteiger partial charge in [0.1, 0.15) is 6.04 Å². The van der Waals surface area contributed by atoms with Crippen LogP contribution in [0, 0.1) is 0 Å². The molecular weight excluding hydrogens is 428 g/mol. The second-order valence-corrected chi connectivity index (χ2v) is 6.63. The highest BCUT2D eigenvalue weighted by atomic mass is 35.5. The third-order valence-corrected chi connectivity index (χ3v) is 4.82. The number of aromatic nitrogens is 1. The quantitative estimate of drug-likeness (QED) is 0.707. The molecular formula is C19H25Cl2F3N4O. The lowest BCUT2D eigenvalue weighted by Gasteiger charge is -2.35. The number of carbonyl (C=O) groups excluding carboxylic acids is 1. The number of carbonyl (C=O) groups is 1. The third-order valence-electron chi connectivity index (χ3n) is 4.82. The lowest BCUT2D eigenvalue weighted by Crippen LogP contribution is -2.57. The number of alkyl halides is 3. The predicted octanol–water partition coefficient (Wildman–Crippen LogP) is 2.96. The molecule has 10 heteroatoms. The van der Waals surface area contributed by atoms with Crippen molar-refractivity contribution in [1.82, 2.24) is 20.5 Å². The molecule has 1 aromatic heterocycles. The van der Waals surface area contributed by atoms with E-state index in [9.17, 15) is 18.0 Å². The number of benzene rings is 1. The summed E-state index contributed by atoms with van der Waals surface area (Å²) in [5.74, 6) is -0.375. The molecule has 0 saturated carbocycles. The minimum Gasteiger partial charge on any atom is -0.354 e. The van der Waals surface area contributed by atoms with E-state index in [0.29, 0.717) is 32.6 Å². The molecule has 1 amide bonds. The van der Waals surface area contributed by atoms with Crippen LogP contribution in [-0.4, -0.2) is 60.7 Å². The molecule has 1 atom stereocenters. The van der Waals surface area contributed by atoms with E-state index in [-0.39, 0.29) is 37.1 Å². The van der Waals surface area contributed by atoms with Gasteiger partial charge in [0, 0.05) is 50.7 Å². The molecule has 1 aromatic carbocycles. The van der Waals surface area contributed by atoms with Crippen molar-refractivity contribution in [1.29, 1.82) is 0 Å². The highest BCUT2D eigenvalue weighted by Gasteiger charge is 2.43. The number of piperazine rings is 1. The minimum absolute atomic E-state index is 0. The zero-order valence-electron chi connectivity index (χ0n) is 15.7. The minimum atomic E-state index is -4.37. The maximum absolute atomic E-state index is 13.4. The zero-order chi connectivity index (χ0) is 19.3. The van der Waals surface area contributed by atoms with Crippen LogP contribution < -0.4 is 10.6 Å². The maximum atomic E-state index is 13.4. The van der Waals surface area contributed by atoms with Crippen LogP contribution in [0.15, 0.2) is 36.5 Å². The van der Waals surface area contributed by atoms with Gasteiger partial charge in [-0.3, -0.25) is 14.7 Å². The van der Waals surface area contributed by atoms with Crippen LogP contribution in [0.3, 0.4) is 0 Å². The van der Waals surface area contributed by atoms with E-state index in [0.717, 1.165) is 16.5 Å². The molecule has 1 saturated heterocycles. The fraction of sp³-hybridized carbons (Fsp3) is 0.474. The van der Waals surface area contributed by atoms with Crippen molar-refractivity contribution in [3.8, 4) is 0 Å². The Morgan fingerprint density at radius 2 is 1.86 bits per heavy atom. The number of fused-ring (bicyclic) bond motifs is 1. The van der Waals surface area contributed by atoms with Gasteiger partial charge >= 0.3 is 6.18 Å². The van der Waals surface area contributed by atoms with Crippen LogP contribution in [-0.2, 0) is 11.2 Å². The summed E-state index contributed by atoms with van der Waals surface area (Å²) in [6.07, 6.45) is -2.09. The first-order valence-corrected chi connectivity index (χ1v) is 9.06. The zero-order valence-corrected chi connectivity index (χ0v) is 17.4. The molecule has 1 aliphatic rings. The second-order valence-electron chi connectivity index (χ2n) is 6.63. The molecule has 1 fully saturated rings. The Morgan fingerprint density at radius 1 is 1.17 bits per heavy atom. The lowest BCUT2D eigenvalue weighted by molar-refractivity contribution is -0.184. The first-order chi connectivity index (χ1) is 12.9. The first-order valence-electron chi connectivity index (χ1n) is 9.06. The van der Waals surface area contributed by atoms with Gasteiger partial charge in [-0.1, -0.05) is 18.2 Å². The Morgan fingerprint density at radius 3 is 2.55 bits per heavy atom. The van der Waals surface area contributed by atoms with Gasteiger partial charge in [0.2, 0.25) is 5.91 Å². The van der Waals surface area contributed by atoms with Gasteiger partial charge in [-0.2, -0.15) is 13.2 Å². The normalized spacial score (nSPS) is 15.8. The van der Waals surface area contributed by atoms with E-state index in [1.165, 1.54) is 4.90 Å². The van der Waals surface area contributed by atoms with Crippen molar-refractivity contribution >= 4 is 41.6 Å². The van der Waals surface area contributed by atoms with Crippen LogP contribution >= 0.6 is 24.8 Å². The van der Waals surface area contributed by atoms with E-state index in [1.54, 1.807) is 6.20 Å². The monoisotopic (exact) mass is 452 g/mol. The molecule has 29 heavy (non-hydrogen) atoms. The van der Waals surface area contributed by atoms with Gasteiger partial charge in [-0.05, 0) is 24.1 Å². The number of hydrogen-bond donors (Lipinski definition) is 2. The highest BCUT2D eigenvalue weighted by Crippen LogP contribution is 2.25. The molecule has 2 heterocycles. The van der Waals surface area contributed by atoms with Gasteiger partial charge in [-0.15, -0.1) is 24.8 Å². The Kier molecular flexibility index (Phi) is 10.1. The number of hydrogen-bond acceptors (Lipinski definition) is 4. The van der Waals surface area contributed by atoms with Crippen molar-refractivity contribution in [3.05, 3.63) is 42.1 Å². The molecule has 162 valence electrons. The van der Waals surface area contributed by atoms with E-state index in [2.05, 4.69) is 15.6 Å². The molecule has 0 bridgehead atoms. The predicted molar refractivity (Wildman–Crippen MR) is 112 cm³/mol. The summed E-state index contributed by atoms with van der Waals surface area (Å²) in [6.45, 7) is 1.27. The molecule has 2 N–H and O–H groups in total. The number of pyridine rings is 1. The molecule has 1 unspecified atom stereocenters. The van der Waals surface area contributed by atoms with Gasteiger partial charge in [0.05, 0.1) is 5.52 Å². The molecule has 0 spiro atoms. The Hall–Kier alpha value is -1.61. The standard InChI is InChI=1S/C19H23F3N4O.2ClH/c20-19(21,22)17(26-11-9-23-10-12-26)13-25-18(27)6-5-14-7-8-24-16-4-2-1-3-15(14)16;;/h1-4,7-8,17,23H,5-6,9-13H2,(H,25,27);2*1H. The van der Waals surface area contributed by atoms with Gasteiger partial charge < -0.3 is 10.6 Å². The summed E-state index contributed by atoms with van der Waals surface area (Å²) in [5, 5.41) is 6.47. The van der Waals surface area contributed by atoms with Crippen LogP contribution in [0.4, 0.5) is 13.2 Å². The molecule has 1 aliphatic heterocycles. The number of nitrogens with zero attached hydrogens (tertiary/aromatic N) is 2. The Balaban J connectivity index is 0.00000210. The van der Waals surface area contributed by atoms with E-state index >= 15 is 0 Å². The van der Waals surface area contributed by atoms with E-state index in [1.807, 2.05) is 30.3 Å². The average molecular weight is 453 g/mol. The number of amides is 1. The molecule has 0 aliphatic carbocycles. The van der Waals surface area contributed by atoms with E-state index < -0.39 is 18.8 Å². The van der Waals surface area contributed by atoms with Crippen molar-refractivity contribution in [2.75, 3.05) is 32.7 Å². The van der Waals surface area contributed by atoms with Crippen LogP contribution in [0.1, 0.15) is 12.0 Å². The summed E-state index contributed by atoms with van der Waals surface area (Å²) >= 11 is 0.